The van der Waals surface area contributed by atoms with E-state index in [1.165, 1.54) is 0 Å². The molecule has 2 aromatic heterocycles. The van der Waals surface area contributed by atoms with Gasteiger partial charge in [-0.3, -0.25) is 19.7 Å². The fourth-order valence-electron chi connectivity index (χ4n) is 5.08. The highest BCUT2D eigenvalue weighted by Gasteiger charge is 2.49. The lowest BCUT2D eigenvalue weighted by atomic mass is 9.77. The summed E-state index contributed by atoms with van der Waals surface area (Å²) in [6, 6.07) is 9.61. The molecular weight excluding hydrogens is 430 g/mol. The molecule has 0 radical (unpaired) electrons. The SMILES string of the molecule is CCc1ccc(C(=O)N2CCC3(CC2)CCN(c2ccc(-c4cn[nH]c4)c(OC)c2)C3=O)nc1. The Morgan fingerprint density at radius 2 is 1.91 bits per heavy atom. The van der Waals surface area contributed by atoms with Gasteiger partial charge in [0.15, 0.2) is 0 Å². The molecule has 0 unspecified atom stereocenters. The van der Waals surface area contributed by atoms with Crippen molar-refractivity contribution in [2.75, 3.05) is 31.6 Å². The van der Waals surface area contributed by atoms with Gasteiger partial charge in [0.2, 0.25) is 5.91 Å². The van der Waals surface area contributed by atoms with E-state index in [-0.39, 0.29) is 11.8 Å². The minimum atomic E-state index is -0.410. The second kappa shape index (κ2) is 8.93. The van der Waals surface area contributed by atoms with Gasteiger partial charge in [0.25, 0.3) is 5.91 Å². The number of pyridine rings is 1. The van der Waals surface area contributed by atoms with Crippen LogP contribution >= 0.6 is 0 Å². The van der Waals surface area contributed by atoms with Crippen molar-refractivity contribution in [3.8, 4) is 16.9 Å². The lowest BCUT2D eigenvalue weighted by Crippen LogP contribution is -2.46. The maximum Gasteiger partial charge on any atom is 0.272 e. The highest BCUT2D eigenvalue weighted by molar-refractivity contribution is 6.01. The molecule has 34 heavy (non-hydrogen) atoms. The van der Waals surface area contributed by atoms with Gasteiger partial charge in [-0.2, -0.15) is 5.10 Å². The third-order valence-electron chi connectivity index (χ3n) is 7.28. The molecule has 4 heterocycles. The topological polar surface area (TPSA) is 91.4 Å². The van der Waals surface area contributed by atoms with Gasteiger partial charge in [0.1, 0.15) is 11.4 Å². The average molecular weight is 460 g/mol. The Hall–Kier alpha value is -3.68. The number of likely N-dealkylation sites (tertiary alicyclic amines) is 1. The second-order valence-electron chi connectivity index (χ2n) is 9.06. The number of benzene rings is 1. The van der Waals surface area contributed by atoms with E-state index >= 15 is 0 Å². The first-order valence-electron chi connectivity index (χ1n) is 11.8. The van der Waals surface area contributed by atoms with Gasteiger partial charge >= 0.3 is 0 Å². The summed E-state index contributed by atoms with van der Waals surface area (Å²) in [5, 5.41) is 6.83. The number of carbonyl (C=O) groups excluding carboxylic acids is 2. The fourth-order valence-corrected chi connectivity index (χ4v) is 5.08. The minimum absolute atomic E-state index is 0.0561. The summed E-state index contributed by atoms with van der Waals surface area (Å²) in [6.07, 6.45) is 8.36. The van der Waals surface area contributed by atoms with Gasteiger partial charge < -0.3 is 14.5 Å². The molecule has 8 heteroatoms. The van der Waals surface area contributed by atoms with Crippen molar-refractivity contribution in [3.05, 3.63) is 60.2 Å². The molecule has 2 fully saturated rings. The van der Waals surface area contributed by atoms with Crippen molar-refractivity contribution in [2.24, 2.45) is 5.41 Å². The third-order valence-corrected chi connectivity index (χ3v) is 7.28. The van der Waals surface area contributed by atoms with Crippen LogP contribution in [0, 0.1) is 5.41 Å². The number of rotatable bonds is 5. The van der Waals surface area contributed by atoms with Gasteiger partial charge in [-0.1, -0.05) is 13.0 Å². The number of ether oxygens (including phenoxy) is 1. The molecule has 176 valence electrons. The number of aromatic amines is 1. The van der Waals surface area contributed by atoms with Gasteiger partial charge in [0, 0.05) is 54.9 Å². The molecule has 0 aliphatic carbocycles. The van der Waals surface area contributed by atoms with Crippen LogP contribution in [0.1, 0.15) is 42.2 Å². The van der Waals surface area contributed by atoms with Crippen molar-refractivity contribution in [2.45, 2.75) is 32.6 Å². The van der Waals surface area contributed by atoms with Crippen LogP contribution in [0.3, 0.4) is 0 Å². The highest BCUT2D eigenvalue weighted by Crippen LogP contribution is 2.44. The van der Waals surface area contributed by atoms with E-state index in [0.717, 1.165) is 35.2 Å². The van der Waals surface area contributed by atoms with Gasteiger partial charge in [0.05, 0.1) is 18.7 Å². The van der Waals surface area contributed by atoms with Crippen molar-refractivity contribution in [1.82, 2.24) is 20.1 Å². The van der Waals surface area contributed by atoms with Gasteiger partial charge in [-0.05, 0) is 49.4 Å². The van der Waals surface area contributed by atoms with E-state index in [2.05, 4.69) is 22.1 Å². The van der Waals surface area contributed by atoms with Crippen molar-refractivity contribution >= 4 is 17.5 Å². The molecule has 5 rings (SSSR count). The van der Waals surface area contributed by atoms with E-state index in [1.54, 1.807) is 25.6 Å². The van der Waals surface area contributed by atoms with Crippen LogP contribution < -0.4 is 9.64 Å². The van der Waals surface area contributed by atoms with Gasteiger partial charge in [-0.25, -0.2) is 0 Å². The standard InChI is InChI=1S/C26H29N5O3/c1-3-18-4-7-22(27-15-18)24(32)30-11-8-26(9-12-30)10-13-31(25(26)33)20-5-6-21(23(14-20)34-2)19-16-28-29-17-19/h4-7,14-17H,3,8-13H2,1-2H3,(H,28,29). The van der Waals surface area contributed by atoms with E-state index in [0.29, 0.717) is 43.9 Å². The van der Waals surface area contributed by atoms with Crippen LogP contribution in [0.5, 0.6) is 5.75 Å². The Morgan fingerprint density at radius 3 is 2.56 bits per heavy atom. The van der Waals surface area contributed by atoms with E-state index < -0.39 is 5.41 Å². The molecule has 3 aromatic rings. The number of nitrogens with one attached hydrogen (secondary N) is 1. The zero-order chi connectivity index (χ0) is 23.7. The Bertz CT molecular complexity index is 1180. The lowest BCUT2D eigenvalue weighted by Gasteiger charge is -2.37. The van der Waals surface area contributed by atoms with Crippen molar-refractivity contribution < 1.29 is 14.3 Å². The Balaban J connectivity index is 1.28. The summed E-state index contributed by atoms with van der Waals surface area (Å²) < 4.78 is 5.61. The molecule has 0 bridgehead atoms. The molecule has 2 saturated heterocycles. The molecule has 0 saturated carbocycles. The first kappa shape index (κ1) is 22.1. The highest BCUT2D eigenvalue weighted by atomic mass is 16.5. The molecule has 2 amide bonds. The Labute approximate surface area is 198 Å². The summed E-state index contributed by atoms with van der Waals surface area (Å²) >= 11 is 0. The average Bonchev–Trinajstić information content (AvgIpc) is 3.53. The molecule has 0 atom stereocenters. The third kappa shape index (κ3) is 3.83. The number of carbonyl (C=O) groups is 2. The smallest absolute Gasteiger partial charge is 0.272 e. The normalized spacial score (nSPS) is 17.4. The van der Waals surface area contributed by atoms with Crippen molar-refractivity contribution in [1.29, 1.82) is 0 Å². The summed E-state index contributed by atoms with van der Waals surface area (Å²) in [4.78, 5) is 34.5. The van der Waals surface area contributed by atoms with E-state index in [9.17, 15) is 9.59 Å². The number of H-pyrrole nitrogens is 1. The number of hydrogen-bond acceptors (Lipinski definition) is 5. The number of methoxy groups -OCH3 is 1. The quantitative estimate of drug-likeness (QED) is 0.628. The molecule has 2 aliphatic heterocycles. The van der Waals surface area contributed by atoms with E-state index in [1.807, 2.05) is 40.3 Å². The number of nitrogens with zero attached hydrogens (tertiary/aromatic N) is 4. The first-order chi connectivity index (χ1) is 16.5. The number of aryl methyl sites for hydroxylation is 1. The predicted molar refractivity (Wildman–Crippen MR) is 129 cm³/mol. The maximum absolute atomic E-state index is 13.6. The number of amides is 2. The Morgan fingerprint density at radius 1 is 1.12 bits per heavy atom. The maximum atomic E-state index is 13.6. The monoisotopic (exact) mass is 459 g/mol. The summed E-state index contributed by atoms with van der Waals surface area (Å²) in [7, 11) is 1.63. The van der Waals surface area contributed by atoms with E-state index in [4.69, 9.17) is 4.74 Å². The van der Waals surface area contributed by atoms with Crippen LogP contribution in [0.4, 0.5) is 5.69 Å². The lowest BCUT2D eigenvalue weighted by molar-refractivity contribution is -0.127. The van der Waals surface area contributed by atoms with Crippen LogP contribution in [-0.2, 0) is 11.2 Å². The summed E-state index contributed by atoms with van der Waals surface area (Å²) in [5.41, 5.74) is 3.87. The molecular formula is C26H29N5O3. The molecule has 1 aromatic carbocycles. The minimum Gasteiger partial charge on any atom is -0.496 e. The van der Waals surface area contributed by atoms with Crippen LogP contribution in [0.15, 0.2) is 48.9 Å². The second-order valence-corrected chi connectivity index (χ2v) is 9.06. The van der Waals surface area contributed by atoms with Crippen LogP contribution in [-0.4, -0.2) is 58.6 Å². The van der Waals surface area contributed by atoms with Crippen molar-refractivity contribution in [3.63, 3.8) is 0 Å². The molecule has 1 N–H and O–H groups in total. The zero-order valence-corrected chi connectivity index (χ0v) is 19.6. The number of anilines is 1. The van der Waals surface area contributed by atoms with Crippen LogP contribution in [0.25, 0.3) is 11.1 Å². The molecule has 2 aliphatic rings. The number of piperidine rings is 1. The molecule has 8 nitrogen and oxygen atoms in total. The predicted octanol–water partition coefficient (Wildman–Crippen LogP) is 3.70. The zero-order valence-electron chi connectivity index (χ0n) is 19.6. The van der Waals surface area contributed by atoms with Gasteiger partial charge in [-0.15, -0.1) is 0 Å². The summed E-state index contributed by atoms with van der Waals surface area (Å²) in [5.74, 6) is 0.789. The molecule has 1 spiro atoms. The largest absolute Gasteiger partial charge is 0.496 e. The van der Waals surface area contributed by atoms with Crippen LogP contribution in [0.2, 0.25) is 0 Å². The Kier molecular flexibility index (Phi) is 5.81. The number of aromatic nitrogens is 3. The number of hydrogen-bond donors (Lipinski definition) is 1. The fraction of sp³-hybridized carbons (Fsp3) is 0.385. The summed E-state index contributed by atoms with van der Waals surface area (Å²) in [6.45, 7) is 3.87. The first-order valence-corrected chi connectivity index (χ1v) is 11.8.